The molecule has 3 nitrogen and oxygen atoms in total. The molecule has 0 saturated carbocycles. The van der Waals surface area contributed by atoms with Crippen LogP contribution in [0.15, 0.2) is 142 Å². The van der Waals surface area contributed by atoms with Crippen molar-refractivity contribution in [1.82, 2.24) is 0 Å². The third kappa shape index (κ3) is 3.47. The smallest absolute Gasteiger partial charge is 0.137 e. The summed E-state index contributed by atoms with van der Waals surface area (Å²) in [7, 11) is 0. The highest BCUT2D eigenvalue weighted by Gasteiger charge is 2.20. The number of anilines is 3. The quantitative estimate of drug-likeness (QED) is 0.202. The lowest BCUT2D eigenvalue weighted by Crippen LogP contribution is -2.10. The van der Waals surface area contributed by atoms with Crippen molar-refractivity contribution in [1.29, 1.82) is 0 Å². The predicted molar refractivity (Wildman–Crippen MR) is 176 cm³/mol. The van der Waals surface area contributed by atoms with Crippen LogP contribution in [0.3, 0.4) is 0 Å². The lowest BCUT2D eigenvalue weighted by Gasteiger charge is -2.27. The number of hydrogen-bond donors (Lipinski definition) is 0. The van der Waals surface area contributed by atoms with E-state index in [1.54, 1.807) is 0 Å². The van der Waals surface area contributed by atoms with Crippen LogP contribution in [0, 0.1) is 0 Å². The maximum Gasteiger partial charge on any atom is 0.137 e. The molecule has 7 aromatic carbocycles. The monoisotopic (exact) mass is 559 g/mol. The van der Waals surface area contributed by atoms with Gasteiger partial charge in [0.25, 0.3) is 0 Å². The summed E-state index contributed by atoms with van der Waals surface area (Å²) in [6, 6.07) is 46.3. The summed E-state index contributed by atoms with van der Waals surface area (Å²) in [6.07, 6.45) is 0. The second-order valence-electron chi connectivity index (χ2n) is 10.7. The first-order valence-corrected chi connectivity index (χ1v) is 14.3. The Morgan fingerprint density at radius 3 is 1.74 bits per heavy atom. The van der Waals surface area contributed by atoms with Crippen molar-refractivity contribution < 1.29 is 8.83 Å². The van der Waals surface area contributed by atoms with Gasteiger partial charge >= 0.3 is 0 Å². The fourth-order valence-corrected chi connectivity index (χ4v) is 6.55. The molecular weight excluding hydrogens is 538 g/mol. The van der Waals surface area contributed by atoms with Crippen LogP contribution in [0.1, 0.15) is 0 Å². The summed E-state index contributed by atoms with van der Waals surface area (Å²) < 4.78 is 12.7. The molecule has 4 heteroatoms. The van der Waals surface area contributed by atoms with Crippen LogP contribution in [0.2, 0.25) is 5.02 Å². The molecule has 2 aromatic heterocycles. The Balaban J connectivity index is 1.35. The maximum atomic E-state index is 6.34. The molecule has 0 spiro atoms. The molecule has 9 aromatic rings. The Bertz CT molecular complexity index is 2500. The number of para-hydroxylation sites is 1. The number of rotatable bonds is 3. The van der Waals surface area contributed by atoms with Crippen LogP contribution in [-0.4, -0.2) is 0 Å². The number of halogens is 1. The fourth-order valence-electron chi connectivity index (χ4n) is 6.38. The van der Waals surface area contributed by atoms with E-state index >= 15 is 0 Å². The maximum absolute atomic E-state index is 6.34. The van der Waals surface area contributed by atoms with Gasteiger partial charge in [-0.25, -0.2) is 0 Å². The van der Waals surface area contributed by atoms with Crippen molar-refractivity contribution in [2.24, 2.45) is 0 Å². The standard InChI is InChI=1S/C38H22ClNO2/c39-24-13-18-36-33(20-24)32-17-15-26(22-38(32)42-36)40(25-14-16-31-30-11-5-6-12-35(30)41-37(31)21-25)34-19-23-7-1-2-8-27(23)28-9-3-4-10-29(28)34/h1-22H. The number of furan rings is 2. The summed E-state index contributed by atoms with van der Waals surface area (Å²) in [4.78, 5) is 2.31. The third-order valence-corrected chi connectivity index (χ3v) is 8.52. The Hall–Kier alpha value is -5.25. The summed E-state index contributed by atoms with van der Waals surface area (Å²) >= 11 is 6.34. The van der Waals surface area contributed by atoms with Crippen LogP contribution >= 0.6 is 11.6 Å². The molecular formula is C38H22ClNO2. The van der Waals surface area contributed by atoms with Crippen molar-refractivity contribution in [2.45, 2.75) is 0 Å². The minimum atomic E-state index is 0.692. The zero-order chi connectivity index (χ0) is 27.8. The highest BCUT2D eigenvalue weighted by Crippen LogP contribution is 2.44. The molecule has 42 heavy (non-hydrogen) atoms. The van der Waals surface area contributed by atoms with Gasteiger partial charge in [0, 0.05) is 55.5 Å². The number of fused-ring (bicyclic) bond motifs is 9. The molecule has 2 heterocycles. The van der Waals surface area contributed by atoms with E-state index in [1.165, 1.54) is 16.2 Å². The van der Waals surface area contributed by atoms with Gasteiger partial charge in [-0.15, -0.1) is 0 Å². The first-order chi connectivity index (χ1) is 20.7. The summed E-state index contributed by atoms with van der Waals surface area (Å²) in [6.45, 7) is 0. The van der Waals surface area contributed by atoms with Crippen molar-refractivity contribution in [3.05, 3.63) is 138 Å². The van der Waals surface area contributed by atoms with E-state index in [2.05, 4.69) is 108 Å². The van der Waals surface area contributed by atoms with E-state index in [-0.39, 0.29) is 0 Å². The van der Waals surface area contributed by atoms with Gasteiger partial charge in [-0.1, -0.05) is 78.3 Å². The van der Waals surface area contributed by atoms with Gasteiger partial charge < -0.3 is 13.7 Å². The molecule has 0 bridgehead atoms. The minimum absolute atomic E-state index is 0.692. The zero-order valence-corrected chi connectivity index (χ0v) is 23.1. The lowest BCUT2D eigenvalue weighted by molar-refractivity contribution is 0.669. The van der Waals surface area contributed by atoms with E-state index in [4.69, 9.17) is 20.4 Å². The van der Waals surface area contributed by atoms with Gasteiger partial charge in [0.05, 0.1) is 5.69 Å². The van der Waals surface area contributed by atoms with Crippen LogP contribution in [0.25, 0.3) is 65.4 Å². The van der Waals surface area contributed by atoms with Crippen molar-refractivity contribution in [3.8, 4) is 0 Å². The van der Waals surface area contributed by atoms with Crippen LogP contribution < -0.4 is 4.90 Å². The molecule has 0 unspecified atom stereocenters. The average Bonchev–Trinajstić information content (AvgIpc) is 3.58. The lowest BCUT2D eigenvalue weighted by atomic mass is 9.99. The largest absolute Gasteiger partial charge is 0.456 e. The topological polar surface area (TPSA) is 29.5 Å². The number of nitrogens with zero attached hydrogens (tertiary/aromatic N) is 1. The summed E-state index contributed by atoms with van der Waals surface area (Å²) in [5.41, 5.74) is 6.43. The predicted octanol–water partition coefficient (Wildman–Crippen LogP) is 11.9. The molecule has 0 amide bonds. The molecule has 0 radical (unpaired) electrons. The molecule has 0 saturated heterocycles. The molecule has 0 fully saturated rings. The van der Waals surface area contributed by atoms with Gasteiger partial charge in [-0.3, -0.25) is 0 Å². The van der Waals surface area contributed by atoms with Gasteiger partial charge in [0.15, 0.2) is 0 Å². The van der Waals surface area contributed by atoms with Gasteiger partial charge in [-0.2, -0.15) is 0 Å². The average molecular weight is 560 g/mol. The molecule has 0 aliphatic rings. The highest BCUT2D eigenvalue weighted by molar-refractivity contribution is 6.31. The minimum Gasteiger partial charge on any atom is -0.456 e. The molecule has 9 rings (SSSR count). The number of hydrogen-bond acceptors (Lipinski definition) is 3. The molecule has 0 atom stereocenters. The van der Waals surface area contributed by atoms with Crippen molar-refractivity contribution >= 4 is 94.1 Å². The van der Waals surface area contributed by atoms with Gasteiger partial charge in [0.2, 0.25) is 0 Å². The second-order valence-corrected chi connectivity index (χ2v) is 11.1. The molecule has 0 N–H and O–H groups in total. The summed E-state index contributed by atoms with van der Waals surface area (Å²) in [5.74, 6) is 0. The second kappa shape index (κ2) is 8.87. The van der Waals surface area contributed by atoms with Gasteiger partial charge in [0.1, 0.15) is 22.3 Å². The first kappa shape index (κ1) is 23.5. The Morgan fingerprint density at radius 1 is 0.405 bits per heavy atom. The third-order valence-electron chi connectivity index (χ3n) is 8.28. The SMILES string of the molecule is Clc1ccc2oc3cc(N(c4ccc5c(c4)oc4ccccc45)c4cc5ccccc5c5ccccc45)ccc3c2c1. The highest BCUT2D eigenvalue weighted by atomic mass is 35.5. The van der Waals surface area contributed by atoms with E-state index in [9.17, 15) is 0 Å². The van der Waals surface area contributed by atoms with Crippen molar-refractivity contribution in [2.75, 3.05) is 4.90 Å². The van der Waals surface area contributed by atoms with Crippen LogP contribution in [-0.2, 0) is 0 Å². The zero-order valence-electron chi connectivity index (χ0n) is 22.3. The van der Waals surface area contributed by atoms with E-state index in [0.717, 1.165) is 66.3 Å². The van der Waals surface area contributed by atoms with Crippen molar-refractivity contribution in [3.63, 3.8) is 0 Å². The van der Waals surface area contributed by atoms with Crippen LogP contribution in [0.4, 0.5) is 17.1 Å². The van der Waals surface area contributed by atoms with E-state index in [1.807, 2.05) is 30.3 Å². The summed E-state index contributed by atoms with van der Waals surface area (Å²) in [5, 5.41) is 9.73. The molecule has 198 valence electrons. The Kier molecular flexibility index (Phi) is 4.96. The van der Waals surface area contributed by atoms with E-state index in [0.29, 0.717) is 5.02 Å². The van der Waals surface area contributed by atoms with Gasteiger partial charge in [-0.05, 0) is 70.8 Å². The van der Waals surface area contributed by atoms with E-state index < -0.39 is 0 Å². The Morgan fingerprint density at radius 2 is 0.976 bits per heavy atom. The normalized spacial score (nSPS) is 11.9. The molecule has 0 aliphatic carbocycles. The Labute approximate surface area is 245 Å². The molecule has 0 aliphatic heterocycles. The first-order valence-electron chi connectivity index (χ1n) is 13.9. The van der Waals surface area contributed by atoms with Crippen LogP contribution in [0.5, 0.6) is 0 Å². The fraction of sp³-hybridized carbons (Fsp3) is 0. The number of benzene rings is 7.